The summed E-state index contributed by atoms with van der Waals surface area (Å²) in [6.45, 7) is 2.38. The molecule has 1 aliphatic carbocycles. The van der Waals surface area contributed by atoms with Crippen molar-refractivity contribution in [2.45, 2.75) is 32.9 Å². The summed E-state index contributed by atoms with van der Waals surface area (Å²) >= 11 is 1.61. The number of carbonyl (C=O) groups excluding carboxylic acids is 1. The first-order valence-electron chi connectivity index (χ1n) is 13.8. The van der Waals surface area contributed by atoms with Crippen LogP contribution >= 0.6 is 11.3 Å². The molecule has 9 nitrogen and oxygen atoms in total. The molecule has 4 aromatic heterocycles. The van der Waals surface area contributed by atoms with Crippen LogP contribution in [0.2, 0.25) is 0 Å². The molecule has 2 aromatic carbocycles. The molecule has 2 N–H and O–H groups in total. The van der Waals surface area contributed by atoms with Crippen molar-refractivity contribution in [3.8, 4) is 16.2 Å². The number of rotatable bonds is 8. The third-order valence-electron chi connectivity index (χ3n) is 7.35. The van der Waals surface area contributed by atoms with E-state index in [1.807, 2.05) is 37.4 Å². The Morgan fingerprint density at radius 1 is 1.07 bits per heavy atom. The van der Waals surface area contributed by atoms with Gasteiger partial charge in [-0.15, -0.1) is 11.3 Å². The zero-order valence-corrected chi connectivity index (χ0v) is 24.0. The quantitative estimate of drug-likeness (QED) is 0.209. The number of benzene rings is 2. The molecule has 0 radical (unpaired) electrons. The van der Waals surface area contributed by atoms with Crippen LogP contribution in [0.3, 0.4) is 0 Å². The molecule has 0 bridgehead atoms. The standard InChI is InChI=1S/C32H26FN7O2S/c1-19-12-22(7-10-27(19)42-17-20-4-2-5-21(33)13-20)39-31-29-24-8-9-26-25(30(24)43-32(29)36-18-35-31)15-37-40(26)16-28(41)38-23-6-3-11-34-14-23/h2-7,10-15,18H,8-9,16-17H2,1H3,(H,38,41)(H,35,36,39). The Bertz CT molecular complexity index is 1970. The third-order valence-corrected chi connectivity index (χ3v) is 8.53. The molecular weight excluding hydrogens is 565 g/mol. The Labute approximate surface area is 250 Å². The molecular formula is C32H26FN7O2S. The van der Waals surface area contributed by atoms with Crippen LogP contribution in [0.5, 0.6) is 5.75 Å². The summed E-state index contributed by atoms with van der Waals surface area (Å²) in [6.07, 6.45) is 8.23. The Morgan fingerprint density at radius 2 is 2.00 bits per heavy atom. The van der Waals surface area contributed by atoms with Crippen molar-refractivity contribution >= 4 is 44.7 Å². The van der Waals surface area contributed by atoms with Gasteiger partial charge in [0, 0.05) is 28.0 Å². The van der Waals surface area contributed by atoms with Crippen LogP contribution in [0.4, 0.5) is 21.6 Å². The maximum Gasteiger partial charge on any atom is 0.246 e. The van der Waals surface area contributed by atoms with Gasteiger partial charge in [-0.05, 0) is 78.9 Å². The molecule has 0 spiro atoms. The van der Waals surface area contributed by atoms with Gasteiger partial charge in [0.2, 0.25) is 5.91 Å². The summed E-state index contributed by atoms with van der Waals surface area (Å²) in [6, 6.07) is 15.8. The topological polar surface area (TPSA) is 107 Å². The average Bonchev–Trinajstić information content (AvgIpc) is 3.59. The number of hydrogen-bond donors (Lipinski definition) is 2. The fourth-order valence-electron chi connectivity index (χ4n) is 5.37. The molecule has 0 aliphatic heterocycles. The SMILES string of the molecule is Cc1cc(Nc2ncnc3sc4c(c23)CCc2c-4cnn2CC(=O)Nc2cccnc2)ccc1OCc1cccc(F)c1. The Hall–Kier alpha value is -5.16. The molecule has 214 valence electrons. The fourth-order valence-corrected chi connectivity index (χ4v) is 6.60. The van der Waals surface area contributed by atoms with E-state index in [-0.39, 0.29) is 24.9 Å². The number of nitrogens with zero attached hydrogens (tertiary/aromatic N) is 5. The summed E-state index contributed by atoms with van der Waals surface area (Å²) in [7, 11) is 0. The molecule has 4 heterocycles. The van der Waals surface area contributed by atoms with Gasteiger partial charge in [0.15, 0.2) is 0 Å². The molecule has 0 atom stereocenters. The molecule has 43 heavy (non-hydrogen) atoms. The van der Waals surface area contributed by atoms with Crippen LogP contribution in [0.1, 0.15) is 22.4 Å². The fraction of sp³-hybridized carbons (Fsp3) is 0.156. The van der Waals surface area contributed by atoms with E-state index in [1.54, 1.807) is 52.9 Å². The predicted molar refractivity (Wildman–Crippen MR) is 164 cm³/mol. The van der Waals surface area contributed by atoms with E-state index in [1.165, 1.54) is 17.7 Å². The molecule has 1 amide bonds. The van der Waals surface area contributed by atoms with Gasteiger partial charge in [-0.2, -0.15) is 5.10 Å². The van der Waals surface area contributed by atoms with E-state index < -0.39 is 0 Å². The minimum absolute atomic E-state index is 0.123. The number of hydrogen-bond acceptors (Lipinski definition) is 8. The minimum atomic E-state index is -0.279. The second kappa shape index (κ2) is 11.3. The van der Waals surface area contributed by atoms with Crippen molar-refractivity contribution in [2.24, 2.45) is 0 Å². The summed E-state index contributed by atoms with van der Waals surface area (Å²) in [4.78, 5) is 27.9. The lowest BCUT2D eigenvalue weighted by molar-refractivity contribution is -0.116. The average molecular weight is 592 g/mol. The Kier molecular flexibility index (Phi) is 6.99. The van der Waals surface area contributed by atoms with E-state index in [4.69, 9.17) is 4.74 Å². The largest absolute Gasteiger partial charge is 0.489 e. The predicted octanol–water partition coefficient (Wildman–Crippen LogP) is 6.46. The zero-order valence-electron chi connectivity index (χ0n) is 23.2. The molecule has 7 rings (SSSR count). The van der Waals surface area contributed by atoms with E-state index in [0.717, 1.165) is 67.6 Å². The summed E-state index contributed by atoms with van der Waals surface area (Å²) < 4.78 is 21.2. The van der Waals surface area contributed by atoms with Crippen molar-refractivity contribution < 1.29 is 13.9 Å². The number of aromatic nitrogens is 5. The number of carbonyl (C=O) groups is 1. The first-order chi connectivity index (χ1) is 21.0. The van der Waals surface area contributed by atoms with E-state index >= 15 is 0 Å². The van der Waals surface area contributed by atoms with Crippen molar-refractivity contribution in [1.82, 2.24) is 24.7 Å². The normalized spacial score (nSPS) is 12.0. The second-order valence-corrected chi connectivity index (χ2v) is 11.3. The highest BCUT2D eigenvalue weighted by Crippen LogP contribution is 2.45. The van der Waals surface area contributed by atoms with Crippen LogP contribution in [-0.2, 0) is 30.8 Å². The lowest BCUT2D eigenvalue weighted by atomic mass is 9.95. The van der Waals surface area contributed by atoms with Crippen LogP contribution in [0.15, 0.2) is 79.5 Å². The maximum atomic E-state index is 13.5. The molecule has 11 heteroatoms. The summed E-state index contributed by atoms with van der Waals surface area (Å²) in [5, 5.41) is 11.9. The van der Waals surface area contributed by atoms with Crippen LogP contribution < -0.4 is 15.4 Å². The Balaban J connectivity index is 1.11. The highest BCUT2D eigenvalue weighted by molar-refractivity contribution is 7.22. The third kappa shape index (κ3) is 5.42. The first-order valence-corrected chi connectivity index (χ1v) is 14.6. The maximum absolute atomic E-state index is 13.5. The van der Waals surface area contributed by atoms with E-state index in [0.29, 0.717) is 5.69 Å². The molecule has 6 aromatic rings. The van der Waals surface area contributed by atoms with Crippen molar-refractivity contribution in [3.05, 3.63) is 108 Å². The molecule has 0 saturated carbocycles. The van der Waals surface area contributed by atoms with E-state index in [2.05, 4.69) is 30.7 Å². The Morgan fingerprint density at radius 3 is 2.84 bits per heavy atom. The lowest BCUT2D eigenvalue weighted by Gasteiger charge is -2.16. The number of halogens is 1. The first kappa shape index (κ1) is 26.7. The van der Waals surface area contributed by atoms with Gasteiger partial charge in [-0.25, -0.2) is 14.4 Å². The molecule has 0 saturated heterocycles. The summed E-state index contributed by atoms with van der Waals surface area (Å²) in [5.74, 6) is 1.04. The highest BCUT2D eigenvalue weighted by atomic mass is 32.1. The van der Waals surface area contributed by atoms with Gasteiger partial charge in [0.05, 0.1) is 23.5 Å². The number of pyridine rings is 1. The number of amides is 1. The van der Waals surface area contributed by atoms with Gasteiger partial charge in [0.25, 0.3) is 0 Å². The number of ether oxygens (including phenoxy) is 1. The number of fused-ring (bicyclic) bond motifs is 5. The monoisotopic (exact) mass is 591 g/mol. The smallest absolute Gasteiger partial charge is 0.246 e. The minimum Gasteiger partial charge on any atom is -0.489 e. The number of thiophene rings is 1. The van der Waals surface area contributed by atoms with Gasteiger partial charge in [-0.1, -0.05) is 12.1 Å². The summed E-state index contributed by atoms with van der Waals surface area (Å²) in [5.41, 5.74) is 6.49. The van der Waals surface area contributed by atoms with Crippen LogP contribution in [0.25, 0.3) is 20.7 Å². The van der Waals surface area contributed by atoms with Gasteiger partial charge in [0.1, 0.15) is 41.7 Å². The van der Waals surface area contributed by atoms with Crippen molar-refractivity contribution in [2.75, 3.05) is 10.6 Å². The van der Waals surface area contributed by atoms with Gasteiger partial charge < -0.3 is 15.4 Å². The zero-order chi connectivity index (χ0) is 29.3. The number of anilines is 3. The molecule has 1 aliphatic rings. The van der Waals surface area contributed by atoms with Gasteiger partial charge >= 0.3 is 0 Å². The van der Waals surface area contributed by atoms with E-state index in [9.17, 15) is 9.18 Å². The molecule has 0 unspecified atom stereocenters. The lowest BCUT2D eigenvalue weighted by Crippen LogP contribution is -2.21. The number of aryl methyl sites for hydroxylation is 2. The van der Waals surface area contributed by atoms with Gasteiger partial charge in [-0.3, -0.25) is 14.5 Å². The second-order valence-electron chi connectivity index (χ2n) is 10.3. The number of nitrogens with one attached hydrogen (secondary N) is 2. The van der Waals surface area contributed by atoms with Crippen molar-refractivity contribution in [1.29, 1.82) is 0 Å². The van der Waals surface area contributed by atoms with Crippen LogP contribution in [0, 0.1) is 12.7 Å². The molecule has 0 fully saturated rings. The van der Waals surface area contributed by atoms with Crippen LogP contribution in [-0.4, -0.2) is 30.6 Å². The van der Waals surface area contributed by atoms with Crippen molar-refractivity contribution in [3.63, 3.8) is 0 Å². The highest BCUT2D eigenvalue weighted by Gasteiger charge is 2.27.